The van der Waals surface area contributed by atoms with E-state index >= 15 is 0 Å². The molecule has 7 heteroatoms. The smallest absolute Gasteiger partial charge is 0.417 e. The van der Waals surface area contributed by atoms with E-state index < -0.39 is 23.7 Å². The third kappa shape index (κ3) is 7.67. The summed E-state index contributed by atoms with van der Waals surface area (Å²) in [5.41, 5.74) is 0.983. The zero-order valence-corrected chi connectivity index (χ0v) is 20.8. The molecule has 3 rings (SSSR count). The minimum absolute atomic E-state index is 0.0326. The number of halogens is 3. The van der Waals surface area contributed by atoms with Crippen molar-refractivity contribution in [2.75, 3.05) is 0 Å². The van der Waals surface area contributed by atoms with Crippen molar-refractivity contribution >= 4 is 36.2 Å². The molecule has 0 unspecified atom stereocenters. The molecule has 0 atom stereocenters. The van der Waals surface area contributed by atoms with Crippen molar-refractivity contribution < 1.29 is 32.2 Å². The first kappa shape index (κ1) is 27.9. The van der Waals surface area contributed by atoms with Gasteiger partial charge in [0, 0.05) is 16.7 Å². The molecule has 0 heterocycles. The lowest BCUT2D eigenvalue weighted by atomic mass is 10.0. The maximum atomic E-state index is 13.9. The molecule has 3 aromatic carbocycles. The number of esters is 2. The molecule has 0 N–H and O–H groups in total. The molecule has 0 amide bonds. The summed E-state index contributed by atoms with van der Waals surface area (Å²) in [5.74, 6) is -0.666. The third-order valence-corrected chi connectivity index (χ3v) is 5.18. The van der Waals surface area contributed by atoms with Crippen LogP contribution in [-0.4, -0.2) is 11.9 Å². The number of carbonyl (C=O) groups excluding carboxylic acids is 2. The van der Waals surface area contributed by atoms with Crippen LogP contribution in [0.5, 0.6) is 11.5 Å². The summed E-state index contributed by atoms with van der Waals surface area (Å²) in [6, 6.07) is 17.1. The second-order valence-electron chi connectivity index (χ2n) is 8.46. The van der Waals surface area contributed by atoms with Gasteiger partial charge in [-0.3, -0.25) is 0 Å². The average Bonchev–Trinajstić information content (AvgIpc) is 2.86. The van der Waals surface area contributed by atoms with Gasteiger partial charge in [-0.05, 0) is 54.8 Å². The molecular weight excluding hydrogens is 493 g/mol. The number of carbonyl (C=O) groups is 2. The summed E-state index contributed by atoms with van der Waals surface area (Å²) < 4.78 is 52.2. The minimum Gasteiger partial charge on any atom is -0.423 e. The van der Waals surface area contributed by atoms with Gasteiger partial charge in [-0.15, -0.1) is 0 Å². The lowest BCUT2D eigenvalue weighted by molar-refractivity contribution is -0.137. The fourth-order valence-corrected chi connectivity index (χ4v) is 3.21. The second kappa shape index (κ2) is 12.1. The number of rotatable bonds is 8. The van der Waals surface area contributed by atoms with E-state index in [0.717, 1.165) is 6.07 Å². The summed E-state index contributed by atoms with van der Waals surface area (Å²) in [6.45, 7) is 10.1. The van der Waals surface area contributed by atoms with E-state index in [2.05, 4.69) is 13.2 Å². The van der Waals surface area contributed by atoms with Crippen LogP contribution in [-0.2, 0) is 15.8 Å². The second-order valence-corrected chi connectivity index (χ2v) is 8.46. The van der Waals surface area contributed by atoms with Crippen LogP contribution in [0.4, 0.5) is 13.2 Å². The van der Waals surface area contributed by atoms with Crippen molar-refractivity contribution in [3.63, 3.8) is 0 Å². The Balaban J connectivity index is 1.87. The number of hydrogen-bond acceptors (Lipinski definition) is 4. The average molecular weight is 519 g/mol. The van der Waals surface area contributed by atoms with Crippen LogP contribution in [0.3, 0.4) is 0 Å². The van der Waals surface area contributed by atoms with E-state index in [4.69, 9.17) is 9.47 Å². The van der Waals surface area contributed by atoms with Gasteiger partial charge >= 0.3 is 18.1 Å². The maximum absolute atomic E-state index is 13.9. The molecule has 0 radical (unpaired) electrons. The van der Waals surface area contributed by atoms with Gasteiger partial charge in [0.25, 0.3) is 0 Å². The molecule has 0 aliphatic rings. The molecule has 194 valence electrons. The fourth-order valence-electron chi connectivity index (χ4n) is 3.21. The monoisotopic (exact) mass is 518 g/mol. The first-order valence-corrected chi connectivity index (χ1v) is 11.5. The van der Waals surface area contributed by atoms with Crippen LogP contribution >= 0.6 is 0 Å². The molecule has 0 aromatic heterocycles. The molecule has 4 nitrogen and oxygen atoms in total. The highest BCUT2D eigenvalue weighted by atomic mass is 19.4. The summed E-state index contributed by atoms with van der Waals surface area (Å²) >= 11 is 0. The summed E-state index contributed by atoms with van der Waals surface area (Å²) in [6.07, 6.45) is 1.34. The van der Waals surface area contributed by atoms with Crippen molar-refractivity contribution in [2.24, 2.45) is 0 Å². The van der Waals surface area contributed by atoms with E-state index in [1.54, 1.807) is 60.7 Å². The Bertz CT molecular complexity index is 1450. The van der Waals surface area contributed by atoms with Gasteiger partial charge in [0.1, 0.15) is 11.5 Å². The quantitative estimate of drug-likeness (QED) is 0.131. The molecular formula is C31H25F3O4. The van der Waals surface area contributed by atoms with Crippen molar-refractivity contribution in [1.82, 2.24) is 0 Å². The topological polar surface area (TPSA) is 52.6 Å². The zero-order chi connectivity index (χ0) is 27.9. The Morgan fingerprint density at radius 2 is 1.32 bits per heavy atom. The largest absolute Gasteiger partial charge is 0.423 e. The van der Waals surface area contributed by atoms with E-state index in [-0.39, 0.29) is 28.2 Å². The highest BCUT2D eigenvalue weighted by Gasteiger charge is 2.32. The fraction of sp³-hybridized carbons (Fsp3) is 0.0968. The zero-order valence-electron chi connectivity index (χ0n) is 20.8. The van der Waals surface area contributed by atoms with Crippen molar-refractivity contribution in [1.29, 1.82) is 0 Å². The Labute approximate surface area is 219 Å². The van der Waals surface area contributed by atoms with Crippen LogP contribution in [0, 0.1) is 0 Å². The van der Waals surface area contributed by atoms with Crippen molar-refractivity contribution in [2.45, 2.75) is 20.0 Å². The first-order valence-electron chi connectivity index (χ1n) is 11.5. The molecule has 38 heavy (non-hydrogen) atoms. The van der Waals surface area contributed by atoms with E-state index in [9.17, 15) is 22.8 Å². The molecule has 0 aliphatic carbocycles. The van der Waals surface area contributed by atoms with Gasteiger partial charge < -0.3 is 9.47 Å². The number of para-hydroxylation sites is 1. The standard InChI is InChI=1S/C31H25F3O4/c1-20(2)29(35)37-26-10-7-8-22(18-26)12-15-24-16-13-23(19-27(24)31(32,33)34)14-17-25-9-5-6-11-28(25)38-30(36)21(3)4/h5-19H,1,3H2,2,4H3/b15-12+,17-14+. The van der Waals surface area contributed by atoms with Crippen LogP contribution < -0.4 is 9.47 Å². The van der Waals surface area contributed by atoms with Gasteiger partial charge in [-0.1, -0.05) is 79.9 Å². The molecule has 0 bridgehead atoms. The summed E-state index contributed by atoms with van der Waals surface area (Å²) in [5, 5.41) is 0. The van der Waals surface area contributed by atoms with Gasteiger partial charge in [0.15, 0.2) is 0 Å². The minimum atomic E-state index is -4.60. The summed E-state index contributed by atoms with van der Waals surface area (Å²) in [4.78, 5) is 23.6. The molecule has 0 aliphatic heterocycles. The molecule has 0 fully saturated rings. The van der Waals surface area contributed by atoms with Crippen molar-refractivity contribution in [3.05, 3.63) is 119 Å². The Hall–Kier alpha value is -4.65. The van der Waals surface area contributed by atoms with Gasteiger partial charge in [-0.25, -0.2) is 9.59 Å². The van der Waals surface area contributed by atoms with Gasteiger partial charge in [0.2, 0.25) is 0 Å². The Kier molecular flexibility index (Phi) is 8.86. The lowest BCUT2D eigenvalue weighted by Gasteiger charge is -2.12. The number of alkyl halides is 3. The molecule has 0 saturated carbocycles. The lowest BCUT2D eigenvalue weighted by Crippen LogP contribution is -2.09. The number of hydrogen-bond donors (Lipinski definition) is 0. The number of benzene rings is 3. The van der Waals surface area contributed by atoms with Gasteiger partial charge in [-0.2, -0.15) is 13.2 Å². The predicted molar refractivity (Wildman–Crippen MR) is 143 cm³/mol. The summed E-state index contributed by atoms with van der Waals surface area (Å²) in [7, 11) is 0. The third-order valence-electron chi connectivity index (χ3n) is 5.18. The Morgan fingerprint density at radius 1 is 0.711 bits per heavy atom. The SMILES string of the molecule is C=C(C)C(=O)Oc1cccc(/C=C/c2ccc(/C=C/c3ccccc3OC(=O)C(=C)C)cc2C(F)(F)F)c1. The van der Waals surface area contributed by atoms with Crippen LogP contribution in [0.1, 0.15) is 41.7 Å². The van der Waals surface area contributed by atoms with E-state index in [1.807, 2.05) is 0 Å². The van der Waals surface area contributed by atoms with Crippen molar-refractivity contribution in [3.8, 4) is 11.5 Å². The Morgan fingerprint density at radius 3 is 1.97 bits per heavy atom. The van der Waals surface area contributed by atoms with Gasteiger partial charge in [0.05, 0.1) is 5.56 Å². The number of ether oxygens (including phenoxy) is 2. The predicted octanol–water partition coefficient (Wildman–Crippen LogP) is 8.01. The van der Waals surface area contributed by atoms with Crippen LogP contribution in [0.15, 0.2) is 91.0 Å². The van der Waals surface area contributed by atoms with Crippen LogP contribution in [0.2, 0.25) is 0 Å². The molecule has 0 saturated heterocycles. The van der Waals surface area contributed by atoms with Crippen LogP contribution in [0.25, 0.3) is 24.3 Å². The van der Waals surface area contributed by atoms with E-state index in [1.165, 1.54) is 38.1 Å². The first-order chi connectivity index (χ1) is 17.9. The maximum Gasteiger partial charge on any atom is 0.417 e. The highest BCUT2D eigenvalue weighted by molar-refractivity contribution is 5.90. The molecule has 0 spiro atoms. The normalized spacial score (nSPS) is 11.5. The van der Waals surface area contributed by atoms with E-state index in [0.29, 0.717) is 16.7 Å². The molecule has 3 aromatic rings. The highest BCUT2D eigenvalue weighted by Crippen LogP contribution is 2.34.